The Morgan fingerprint density at radius 2 is 2.00 bits per heavy atom. The number of benzene rings is 1. The molecule has 0 aliphatic carbocycles. The summed E-state index contributed by atoms with van der Waals surface area (Å²) in [7, 11) is 0. The van der Waals surface area contributed by atoms with Gasteiger partial charge in [-0.2, -0.15) is 0 Å². The van der Waals surface area contributed by atoms with Crippen molar-refractivity contribution in [3.8, 4) is 0 Å². The molecule has 0 radical (unpaired) electrons. The monoisotopic (exact) mass is 260 g/mol. The van der Waals surface area contributed by atoms with E-state index in [1.54, 1.807) is 0 Å². The summed E-state index contributed by atoms with van der Waals surface area (Å²) in [6, 6.07) is 10.2. The lowest BCUT2D eigenvalue weighted by Gasteiger charge is -2.38. The number of hydrogen-bond donors (Lipinski definition) is 1. The fraction of sp³-hybridized carbons (Fsp3) is 0.562. The van der Waals surface area contributed by atoms with Gasteiger partial charge in [0.05, 0.1) is 5.92 Å². The molecular formula is C16H24N2O. The molecule has 1 fully saturated rings. The van der Waals surface area contributed by atoms with Gasteiger partial charge in [0.25, 0.3) is 0 Å². The minimum absolute atomic E-state index is 0.188. The Morgan fingerprint density at radius 3 is 2.63 bits per heavy atom. The van der Waals surface area contributed by atoms with Gasteiger partial charge in [-0.1, -0.05) is 37.3 Å². The van der Waals surface area contributed by atoms with Crippen LogP contribution in [0.5, 0.6) is 0 Å². The second-order valence-electron chi connectivity index (χ2n) is 5.72. The summed E-state index contributed by atoms with van der Waals surface area (Å²) < 4.78 is 0. The standard InChI is InChI=1S/C16H24N2O/c1-12-8-9-13(2)18(11-12)16(19)15(10-17)14-6-4-3-5-7-14/h3-7,12-13,15H,8-11,17H2,1-2H3. The van der Waals surface area contributed by atoms with Crippen LogP contribution in [0.25, 0.3) is 0 Å². The summed E-state index contributed by atoms with van der Waals surface area (Å²) in [4.78, 5) is 14.8. The molecule has 0 spiro atoms. The number of hydrogen-bond acceptors (Lipinski definition) is 2. The molecule has 19 heavy (non-hydrogen) atoms. The van der Waals surface area contributed by atoms with Gasteiger partial charge in [-0.15, -0.1) is 0 Å². The maximum Gasteiger partial charge on any atom is 0.231 e. The first-order chi connectivity index (χ1) is 9.13. The Balaban J connectivity index is 2.16. The molecule has 1 aromatic carbocycles. The number of amides is 1. The maximum absolute atomic E-state index is 12.7. The van der Waals surface area contributed by atoms with Crippen molar-refractivity contribution in [3.63, 3.8) is 0 Å². The van der Waals surface area contributed by atoms with E-state index in [1.807, 2.05) is 35.2 Å². The number of piperidine rings is 1. The average Bonchev–Trinajstić information content (AvgIpc) is 2.43. The van der Waals surface area contributed by atoms with Crippen LogP contribution in [-0.4, -0.2) is 29.9 Å². The topological polar surface area (TPSA) is 46.3 Å². The van der Waals surface area contributed by atoms with Crippen LogP contribution in [0, 0.1) is 5.92 Å². The van der Waals surface area contributed by atoms with Crippen LogP contribution in [-0.2, 0) is 4.79 Å². The van der Waals surface area contributed by atoms with E-state index < -0.39 is 0 Å². The second-order valence-corrected chi connectivity index (χ2v) is 5.72. The van der Waals surface area contributed by atoms with E-state index in [9.17, 15) is 4.79 Å². The molecule has 0 bridgehead atoms. The lowest BCUT2D eigenvalue weighted by molar-refractivity contribution is -0.136. The van der Waals surface area contributed by atoms with Gasteiger partial charge < -0.3 is 10.6 Å². The van der Waals surface area contributed by atoms with E-state index in [0.29, 0.717) is 18.5 Å². The van der Waals surface area contributed by atoms with Gasteiger partial charge in [0.2, 0.25) is 5.91 Å². The van der Waals surface area contributed by atoms with Crippen LogP contribution in [0.4, 0.5) is 0 Å². The highest BCUT2D eigenvalue weighted by Gasteiger charge is 2.31. The third kappa shape index (κ3) is 3.16. The highest BCUT2D eigenvalue weighted by atomic mass is 16.2. The summed E-state index contributed by atoms with van der Waals surface area (Å²) >= 11 is 0. The Bertz CT molecular complexity index is 418. The zero-order chi connectivity index (χ0) is 13.8. The van der Waals surface area contributed by atoms with Crippen molar-refractivity contribution in [1.82, 2.24) is 4.90 Å². The van der Waals surface area contributed by atoms with Crippen molar-refractivity contribution < 1.29 is 4.79 Å². The molecule has 1 aromatic rings. The molecule has 2 rings (SSSR count). The minimum Gasteiger partial charge on any atom is -0.339 e. The third-order valence-corrected chi connectivity index (χ3v) is 4.14. The molecule has 2 N–H and O–H groups in total. The quantitative estimate of drug-likeness (QED) is 0.907. The predicted molar refractivity (Wildman–Crippen MR) is 77.8 cm³/mol. The fourth-order valence-electron chi connectivity index (χ4n) is 2.86. The van der Waals surface area contributed by atoms with E-state index in [2.05, 4.69) is 13.8 Å². The molecule has 3 atom stereocenters. The van der Waals surface area contributed by atoms with Gasteiger partial charge in [-0.05, 0) is 31.2 Å². The van der Waals surface area contributed by atoms with Gasteiger partial charge in [-0.25, -0.2) is 0 Å². The highest BCUT2D eigenvalue weighted by molar-refractivity contribution is 5.84. The fourth-order valence-corrected chi connectivity index (χ4v) is 2.86. The largest absolute Gasteiger partial charge is 0.339 e. The van der Waals surface area contributed by atoms with Crippen LogP contribution in [0.1, 0.15) is 38.2 Å². The van der Waals surface area contributed by atoms with Gasteiger partial charge in [-0.3, -0.25) is 4.79 Å². The number of nitrogens with two attached hydrogens (primary N) is 1. The van der Waals surface area contributed by atoms with Crippen LogP contribution >= 0.6 is 0 Å². The van der Waals surface area contributed by atoms with E-state index in [-0.39, 0.29) is 11.8 Å². The maximum atomic E-state index is 12.7. The predicted octanol–water partition coefficient (Wildman–Crippen LogP) is 2.38. The first-order valence-corrected chi connectivity index (χ1v) is 7.19. The number of rotatable bonds is 3. The number of carbonyl (C=O) groups is 1. The van der Waals surface area contributed by atoms with Crippen LogP contribution in [0.15, 0.2) is 30.3 Å². The Labute approximate surface area is 115 Å². The van der Waals surface area contributed by atoms with Gasteiger partial charge in [0, 0.05) is 19.1 Å². The van der Waals surface area contributed by atoms with Crippen LogP contribution < -0.4 is 5.73 Å². The van der Waals surface area contributed by atoms with E-state index >= 15 is 0 Å². The molecule has 3 heteroatoms. The smallest absolute Gasteiger partial charge is 0.231 e. The Kier molecular flexibility index (Phi) is 4.59. The van der Waals surface area contributed by atoms with Gasteiger partial charge in [0.1, 0.15) is 0 Å². The Morgan fingerprint density at radius 1 is 1.32 bits per heavy atom. The molecule has 1 amide bonds. The summed E-state index contributed by atoms with van der Waals surface area (Å²) in [5, 5.41) is 0. The highest BCUT2D eigenvalue weighted by Crippen LogP contribution is 2.26. The minimum atomic E-state index is -0.200. The average molecular weight is 260 g/mol. The summed E-state index contributed by atoms with van der Waals surface area (Å²) in [6.45, 7) is 5.60. The molecule has 104 valence electrons. The van der Waals surface area contributed by atoms with Crippen molar-refractivity contribution in [2.75, 3.05) is 13.1 Å². The zero-order valence-electron chi connectivity index (χ0n) is 11.9. The molecule has 1 saturated heterocycles. The summed E-state index contributed by atoms with van der Waals surface area (Å²) in [5.41, 5.74) is 6.87. The molecular weight excluding hydrogens is 236 g/mol. The normalized spacial score (nSPS) is 25.1. The lowest BCUT2D eigenvalue weighted by Crippen LogP contribution is -2.48. The van der Waals surface area contributed by atoms with Crippen molar-refractivity contribution in [2.45, 2.75) is 38.6 Å². The summed E-state index contributed by atoms with van der Waals surface area (Å²) in [5.74, 6) is 0.580. The zero-order valence-corrected chi connectivity index (χ0v) is 11.9. The van der Waals surface area contributed by atoms with Crippen molar-refractivity contribution in [1.29, 1.82) is 0 Å². The van der Waals surface area contributed by atoms with Gasteiger partial charge in [0.15, 0.2) is 0 Å². The molecule has 1 aliphatic rings. The van der Waals surface area contributed by atoms with E-state index in [4.69, 9.17) is 5.73 Å². The Hall–Kier alpha value is -1.35. The van der Waals surface area contributed by atoms with Gasteiger partial charge >= 0.3 is 0 Å². The number of carbonyl (C=O) groups excluding carboxylic acids is 1. The SMILES string of the molecule is CC1CCC(C)N(C(=O)C(CN)c2ccccc2)C1. The van der Waals surface area contributed by atoms with Crippen LogP contribution in [0.3, 0.4) is 0 Å². The van der Waals surface area contributed by atoms with E-state index in [1.165, 1.54) is 6.42 Å². The lowest BCUT2D eigenvalue weighted by atomic mass is 9.91. The molecule has 1 aliphatic heterocycles. The first-order valence-electron chi connectivity index (χ1n) is 7.19. The van der Waals surface area contributed by atoms with Crippen molar-refractivity contribution >= 4 is 5.91 Å². The molecule has 1 heterocycles. The number of nitrogens with zero attached hydrogens (tertiary/aromatic N) is 1. The number of likely N-dealkylation sites (tertiary alicyclic amines) is 1. The van der Waals surface area contributed by atoms with Crippen molar-refractivity contribution in [3.05, 3.63) is 35.9 Å². The van der Waals surface area contributed by atoms with Crippen molar-refractivity contribution in [2.24, 2.45) is 11.7 Å². The second kappa shape index (κ2) is 6.20. The first kappa shape index (κ1) is 14.1. The molecule has 0 saturated carbocycles. The molecule has 3 nitrogen and oxygen atoms in total. The molecule has 3 unspecified atom stereocenters. The molecule has 0 aromatic heterocycles. The van der Waals surface area contributed by atoms with E-state index in [0.717, 1.165) is 18.5 Å². The summed E-state index contributed by atoms with van der Waals surface area (Å²) in [6.07, 6.45) is 2.31. The third-order valence-electron chi connectivity index (χ3n) is 4.14. The van der Waals surface area contributed by atoms with Crippen LogP contribution in [0.2, 0.25) is 0 Å².